The standard InChI is InChI=1S/C17H24N2O3S/c1-13-3-5-15(6-4-13)12-23-10-7-18-17(21)16-11-22-9-8-19(16)14(2)20/h3-6,16H,7-12H2,1-2H3,(H,18,21)/t16-/m1/s1. The van der Waals surface area contributed by atoms with Crippen LogP contribution < -0.4 is 5.32 Å². The van der Waals surface area contributed by atoms with Crippen LogP contribution in [0.5, 0.6) is 0 Å². The molecular formula is C17H24N2O3S. The quantitative estimate of drug-likeness (QED) is 0.802. The van der Waals surface area contributed by atoms with Crippen molar-refractivity contribution in [1.29, 1.82) is 0 Å². The van der Waals surface area contributed by atoms with Crippen LogP contribution in [-0.2, 0) is 20.1 Å². The number of carbonyl (C=O) groups excluding carboxylic acids is 2. The third-order valence-corrected chi connectivity index (χ3v) is 4.80. The van der Waals surface area contributed by atoms with Crippen molar-refractivity contribution in [2.75, 3.05) is 32.1 Å². The molecule has 1 aliphatic heterocycles. The van der Waals surface area contributed by atoms with Crippen LogP contribution in [-0.4, -0.2) is 54.8 Å². The van der Waals surface area contributed by atoms with E-state index >= 15 is 0 Å². The minimum atomic E-state index is -0.497. The van der Waals surface area contributed by atoms with Gasteiger partial charge in [0.05, 0.1) is 13.2 Å². The largest absolute Gasteiger partial charge is 0.377 e. The Balaban J connectivity index is 1.67. The Morgan fingerprint density at radius 2 is 2.09 bits per heavy atom. The second kappa shape index (κ2) is 8.93. The molecule has 0 bridgehead atoms. The maximum absolute atomic E-state index is 12.2. The highest BCUT2D eigenvalue weighted by Crippen LogP contribution is 2.12. The van der Waals surface area contributed by atoms with Crippen molar-refractivity contribution in [3.63, 3.8) is 0 Å². The Kier molecular flexibility index (Phi) is 6.92. The molecule has 2 rings (SSSR count). The van der Waals surface area contributed by atoms with Crippen LogP contribution in [0.3, 0.4) is 0 Å². The lowest BCUT2D eigenvalue weighted by Gasteiger charge is -2.33. The monoisotopic (exact) mass is 336 g/mol. The number of rotatable bonds is 6. The predicted octanol–water partition coefficient (Wildman–Crippen LogP) is 1.59. The Morgan fingerprint density at radius 3 is 2.78 bits per heavy atom. The average Bonchev–Trinajstić information content (AvgIpc) is 2.56. The highest BCUT2D eigenvalue weighted by atomic mass is 32.2. The van der Waals surface area contributed by atoms with Gasteiger partial charge in [0, 0.05) is 31.5 Å². The minimum Gasteiger partial charge on any atom is -0.377 e. The summed E-state index contributed by atoms with van der Waals surface area (Å²) in [6, 6.07) is 7.98. The van der Waals surface area contributed by atoms with Crippen LogP contribution in [0.25, 0.3) is 0 Å². The van der Waals surface area contributed by atoms with Crippen molar-refractivity contribution >= 4 is 23.6 Å². The summed E-state index contributed by atoms with van der Waals surface area (Å²) in [5.41, 5.74) is 2.55. The zero-order valence-corrected chi connectivity index (χ0v) is 14.5. The van der Waals surface area contributed by atoms with Crippen LogP contribution in [0, 0.1) is 6.92 Å². The number of amides is 2. The van der Waals surface area contributed by atoms with Gasteiger partial charge in [-0.15, -0.1) is 0 Å². The third kappa shape index (κ3) is 5.55. The predicted molar refractivity (Wildman–Crippen MR) is 92.3 cm³/mol. The number of hydrogen-bond acceptors (Lipinski definition) is 4. The second-order valence-corrected chi connectivity index (χ2v) is 6.74. The molecule has 1 saturated heterocycles. The van der Waals surface area contributed by atoms with Crippen LogP contribution >= 0.6 is 11.8 Å². The van der Waals surface area contributed by atoms with E-state index in [0.717, 1.165) is 11.5 Å². The van der Waals surface area contributed by atoms with E-state index in [0.29, 0.717) is 19.7 Å². The number of morpholine rings is 1. The molecule has 2 amide bonds. The number of thioether (sulfide) groups is 1. The molecule has 1 atom stereocenters. The topological polar surface area (TPSA) is 58.6 Å². The molecule has 0 aromatic heterocycles. The van der Waals surface area contributed by atoms with Gasteiger partial charge in [-0.1, -0.05) is 29.8 Å². The fourth-order valence-corrected chi connectivity index (χ4v) is 3.26. The van der Waals surface area contributed by atoms with E-state index in [1.165, 1.54) is 18.1 Å². The number of benzene rings is 1. The molecule has 0 aliphatic carbocycles. The van der Waals surface area contributed by atoms with Gasteiger partial charge >= 0.3 is 0 Å². The van der Waals surface area contributed by atoms with Gasteiger partial charge in [0.15, 0.2) is 0 Å². The average molecular weight is 336 g/mol. The molecule has 1 heterocycles. The van der Waals surface area contributed by atoms with Crippen LogP contribution in [0.4, 0.5) is 0 Å². The first-order valence-corrected chi connectivity index (χ1v) is 8.99. The summed E-state index contributed by atoms with van der Waals surface area (Å²) < 4.78 is 5.32. The van der Waals surface area contributed by atoms with E-state index in [4.69, 9.17) is 4.74 Å². The van der Waals surface area contributed by atoms with Crippen molar-refractivity contribution in [3.8, 4) is 0 Å². The minimum absolute atomic E-state index is 0.0813. The summed E-state index contributed by atoms with van der Waals surface area (Å²) >= 11 is 1.78. The van der Waals surface area contributed by atoms with Gasteiger partial charge in [0.25, 0.3) is 0 Å². The van der Waals surface area contributed by atoms with Crippen molar-refractivity contribution in [2.45, 2.75) is 25.6 Å². The number of nitrogens with one attached hydrogen (secondary N) is 1. The summed E-state index contributed by atoms with van der Waals surface area (Å²) in [6.07, 6.45) is 0. The molecule has 23 heavy (non-hydrogen) atoms. The highest BCUT2D eigenvalue weighted by Gasteiger charge is 2.30. The fraction of sp³-hybridized carbons (Fsp3) is 0.529. The van der Waals surface area contributed by atoms with E-state index in [1.807, 2.05) is 0 Å². The van der Waals surface area contributed by atoms with Gasteiger partial charge in [-0.05, 0) is 12.5 Å². The number of ether oxygens (including phenoxy) is 1. The zero-order chi connectivity index (χ0) is 16.7. The lowest BCUT2D eigenvalue weighted by molar-refractivity contribution is -0.146. The van der Waals surface area contributed by atoms with Gasteiger partial charge in [-0.2, -0.15) is 11.8 Å². The summed E-state index contributed by atoms with van der Waals surface area (Å²) in [4.78, 5) is 25.3. The number of hydrogen-bond donors (Lipinski definition) is 1. The highest BCUT2D eigenvalue weighted by molar-refractivity contribution is 7.98. The van der Waals surface area contributed by atoms with Crippen LogP contribution in [0.1, 0.15) is 18.1 Å². The van der Waals surface area contributed by atoms with Gasteiger partial charge in [0.1, 0.15) is 6.04 Å². The van der Waals surface area contributed by atoms with Crippen LogP contribution in [0.15, 0.2) is 24.3 Å². The first-order chi connectivity index (χ1) is 11.1. The lowest BCUT2D eigenvalue weighted by Crippen LogP contribution is -2.55. The number of aryl methyl sites for hydroxylation is 1. The van der Waals surface area contributed by atoms with E-state index in [-0.39, 0.29) is 18.4 Å². The fourth-order valence-electron chi connectivity index (χ4n) is 2.44. The molecule has 5 nitrogen and oxygen atoms in total. The lowest BCUT2D eigenvalue weighted by atomic mass is 10.2. The summed E-state index contributed by atoms with van der Waals surface area (Å²) in [7, 11) is 0. The second-order valence-electron chi connectivity index (χ2n) is 5.63. The van der Waals surface area contributed by atoms with Crippen molar-refractivity contribution in [3.05, 3.63) is 35.4 Å². The zero-order valence-electron chi connectivity index (χ0n) is 13.7. The smallest absolute Gasteiger partial charge is 0.245 e. The molecule has 1 fully saturated rings. The van der Waals surface area contributed by atoms with E-state index in [9.17, 15) is 9.59 Å². The van der Waals surface area contributed by atoms with Gasteiger partial charge in [-0.3, -0.25) is 9.59 Å². The number of carbonyl (C=O) groups is 2. The van der Waals surface area contributed by atoms with Crippen molar-refractivity contribution in [2.24, 2.45) is 0 Å². The maximum Gasteiger partial charge on any atom is 0.245 e. The first-order valence-electron chi connectivity index (χ1n) is 7.84. The van der Waals surface area contributed by atoms with Crippen molar-refractivity contribution in [1.82, 2.24) is 10.2 Å². The summed E-state index contributed by atoms with van der Waals surface area (Å²) in [6.45, 7) is 5.42. The summed E-state index contributed by atoms with van der Waals surface area (Å²) in [5, 5.41) is 2.90. The van der Waals surface area contributed by atoms with E-state index in [1.54, 1.807) is 16.7 Å². The molecule has 0 unspecified atom stereocenters. The molecule has 1 aromatic carbocycles. The molecule has 0 spiro atoms. The molecule has 1 N–H and O–H groups in total. The Morgan fingerprint density at radius 1 is 1.35 bits per heavy atom. The Hall–Kier alpha value is -1.53. The first kappa shape index (κ1) is 17.8. The SMILES string of the molecule is CC(=O)N1CCOC[C@@H]1C(=O)NCCSCc1ccc(C)cc1. The van der Waals surface area contributed by atoms with Crippen molar-refractivity contribution < 1.29 is 14.3 Å². The molecule has 126 valence electrons. The molecule has 0 radical (unpaired) electrons. The number of nitrogens with zero attached hydrogens (tertiary/aromatic N) is 1. The molecule has 6 heteroatoms. The van der Waals surface area contributed by atoms with Gasteiger partial charge < -0.3 is 15.0 Å². The molecular weight excluding hydrogens is 312 g/mol. The Bertz CT molecular complexity index is 533. The van der Waals surface area contributed by atoms with Gasteiger partial charge in [0.2, 0.25) is 11.8 Å². The third-order valence-electron chi connectivity index (χ3n) is 3.77. The van der Waals surface area contributed by atoms with E-state index < -0.39 is 6.04 Å². The normalized spacial score (nSPS) is 17.8. The van der Waals surface area contributed by atoms with Crippen LogP contribution in [0.2, 0.25) is 0 Å². The molecule has 1 aromatic rings. The summed E-state index contributed by atoms with van der Waals surface area (Å²) in [5.74, 6) is 1.56. The van der Waals surface area contributed by atoms with Gasteiger partial charge in [-0.25, -0.2) is 0 Å². The maximum atomic E-state index is 12.2. The molecule has 1 aliphatic rings. The Labute approximate surface area is 141 Å². The molecule has 0 saturated carbocycles. The van der Waals surface area contributed by atoms with E-state index in [2.05, 4.69) is 36.5 Å².